The summed E-state index contributed by atoms with van der Waals surface area (Å²) in [5, 5.41) is 0. The van der Waals surface area contributed by atoms with Gasteiger partial charge in [0, 0.05) is 31.2 Å². The lowest BCUT2D eigenvalue weighted by atomic mass is 9.98. The highest BCUT2D eigenvalue weighted by Gasteiger charge is 2.33. The van der Waals surface area contributed by atoms with Crippen LogP contribution in [0, 0.1) is 11.6 Å². The van der Waals surface area contributed by atoms with Crippen LogP contribution in [0.15, 0.2) is 12.1 Å². The highest BCUT2D eigenvalue weighted by atomic mass is 19.1. The van der Waals surface area contributed by atoms with Crippen molar-refractivity contribution in [2.75, 3.05) is 31.6 Å². The first-order valence-electron chi connectivity index (χ1n) is 7.40. The number of anilines is 1. The van der Waals surface area contributed by atoms with Crippen molar-refractivity contribution in [3.8, 4) is 0 Å². The van der Waals surface area contributed by atoms with E-state index in [1.165, 1.54) is 12.1 Å². The van der Waals surface area contributed by atoms with Gasteiger partial charge >= 0.3 is 0 Å². The average molecular weight is 297 g/mol. The van der Waals surface area contributed by atoms with Crippen LogP contribution in [0.2, 0.25) is 0 Å². The number of hydrogen-bond donors (Lipinski definition) is 1. The maximum Gasteiger partial charge on any atom is 0.149 e. The Morgan fingerprint density at radius 2 is 1.81 bits per heavy atom. The molecule has 0 bridgehead atoms. The van der Waals surface area contributed by atoms with Gasteiger partial charge in [-0.1, -0.05) is 0 Å². The van der Waals surface area contributed by atoms with E-state index in [4.69, 9.17) is 5.73 Å². The largest absolute Gasteiger partial charge is 0.364 e. The fourth-order valence-corrected chi connectivity index (χ4v) is 2.84. The molecule has 0 spiro atoms. The van der Waals surface area contributed by atoms with Gasteiger partial charge in [-0.15, -0.1) is 0 Å². The van der Waals surface area contributed by atoms with Crippen LogP contribution in [-0.4, -0.2) is 43.2 Å². The van der Waals surface area contributed by atoms with Crippen molar-refractivity contribution < 1.29 is 8.78 Å². The van der Waals surface area contributed by atoms with Crippen LogP contribution < -0.4 is 10.6 Å². The fourth-order valence-electron chi connectivity index (χ4n) is 2.84. The molecule has 1 fully saturated rings. The van der Waals surface area contributed by atoms with Crippen molar-refractivity contribution in [3.63, 3.8) is 0 Å². The van der Waals surface area contributed by atoms with Gasteiger partial charge in [-0.2, -0.15) is 0 Å². The van der Waals surface area contributed by atoms with Gasteiger partial charge in [0.15, 0.2) is 0 Å². The lowest BCUT2D eigenvalue weighted by Crippen LogP contribution is -2.58. The monoisotopic (exact) mass is 297 g/mol. The zero-order valence-electron chi connectivity index (χ0n) is 13.3. The molecule has 118 valence electrons. The van der Waals surface area contributed by atoms with Crippen LogP contribution >= 0.6 is 0 Å². The number of rotatable bonds is 3. The summed E-state index contributed by atoms with van der Waals surface area (Å²) in [6.45, 7) is 8.00. The van der Waals surface area contributed by atoms with Crippen molar-refractivity contribution in [3.05, 3.63) is 29.3 Å². The van der Waals surface area contributed by atoms with E-state index in [0.717, 1.165) is 6.54 Å². The maximum atomic E-state index is 14.4. The molecular weight excluding hydrogens is 272 g/mol. The Bertz CT molecular complexity index is 491. The first kappa shape index (κ1) is 16.2. The number of hydrogen-bond acceptors (Lipinski definition) is 3. The molecule has 2 rings (SSSR count). The molecule has 0 aromatic heterocycles. The molecule has 21 heavy (non-hydrogen) atoms. The van der Waals surface area contributed by atoms with E-state index in [9.17, 15) is 8.78 Å². The molecule has 1 aromatic carbocycles. The smallest absolute Gasteiger partial charge is 0.149 e. The lowest BCUT2D eigenvalue weighted by molar-refractivity contribution is 0.138. The molecule has 3 nitrogen and oxygen atoms in total. The first-order valence-corrected chi connectivity index (χ1v) is 7.40. The molecule has 1 atom stereocenters. The zero-order valence-corrected chi connectivity index (χ0v) is 13.3. The van der Waals surface area contributed by atoms with E-state index in [-0.39, 0.29) is 17.3 Å². The molecule has 1 heterocycles. The Morgan fingerprint density at radius 1 is 1.24 bits per heavy atom. The normalized spacial score (nSPS) is 20.6. The van der Waals surface area contributed by atoms with E-state index in [2.05, 4.69) is 18.7 Å². The fraction of sp³-hybridized carbons (Fsp3) is 0.625. The topological polar surface area (TPSA) is 32.5 Å². The van der Waals surface area contributed by atoms with Crippen molar-refractivity contribution in [2.45, 2.75) is 38.8 Å². The Morgan fingerprint density at radius 3 is 2.29 bits per heavy atom. The second-order valence-electron chi connectivity index (χ2n) is 6.75. The summed E-state index contributed by atoms with van der Waals surface area (Å²) in [6, 6.07) is 2.71. The number of benzene rings is 1. The second-order valence-corrected chi connectivity index (χ2v) is 6.75. The van der Waals surface area contributed by atoms with Gasteiger partial charge in [0.1, 0.15) is 17.3 Å². The molecule has 1 aliphatic rings. The maximum absolute atomic E-state index is 14.4. The van der Waals surface area contributed by atoms with Gasteiger partial charge in [-0.3, -0.25) is 4.90 Å². The highest BCUT2D eigenvalue weighted by Crippen LogP contribution is 2.30. The predicted molar refractivity (Wildman–Crippen MR) is 82.6 cm³/mol. The lowest BCUT2D eigenvalue weighted by Gasteiger charge is -2.46. The van der Waals surface area contributed by atoms with Gasteiger partial charge in [-0.25, -0.2) is 8.78 Å². The minimum Gasteiger partial charge on any atom is -0.364 e. The quantitative estimate of drug-likeness (QED) is 0.930. The number of halogens is 2. The van der Waals surface area contributed by atoms with Gasteiger partial charge in [0.05, 0.1) is 0 Å². The SMILES string of the molecule is CC(N)Cc1cc(F)c(N2CCN(C)C(C)(C)C2)c(F)c1. The molecule has 2 N–H and O–H groups in total. The van der Waals surface area contributed by atoms with Crippen LogP contribution in [0.4, 0.5) is 14.5 Å². The minimum absolute atomic E-state index is 0.0876. The first-order chi connectivity index (χ1) is 9.70. The zero-order chi connectivity index (χ0) is 15.8. The van der Waals surface area contributed by atoms with Crippen molar-refractivity contribution in [2.24, 2.45) is 5.73 Å². The number of nitrogens with zero attached hydrogens (tertiary/aromatic N) is 2. The molecular formula is C16H25F2N3. The van der Waals surface area contributed by atoms with Gasteiger partial charge in [0.2, 0.25) is 0 Å². The van der Waals surface area contributed by atoms with Crippen LogP contribution in [0.25, 0.3) is 0 Å². The molecule has 1 aromatic rings. The third kappa shape index (κ3) is 3.52. The van der Waals surface area contributed by atoms with Crippen molar-refractivity contribution in [1.82, 2.24) is 4.90 Å². The van der Waals surface area contributed by atoms with E-state index in [1.807, 2.05) is 14.0 Å². The number of likely N-dealkylation sites (N-methyl/N-ethyl adjacent to an activating group) is 1. The van der Waals surface area contributed by atoms with Crippen molar-refractivity contribution in [1.29, 1.82) is 0 Å². The molecule has 5 heteroatoms. The van der Waals surface area contributed by atoms with E-state index in [0.29, 0.717) is 25.1 Å². The Labute approximate surface area is 125 Å². The number of piperazine rings is 1. The molecule has 0 aliphatic carbocycles. The summed E-state index contributed by atoms with van der Waals surface area (Å²) in [5.74, 6) is -0.989. The molecule has 0 amide bonds. The van der Waals surface area contributed by atoms with Crippen molar-refractivity contribution >= 4 is 5.69 Å². The van der Waals surface area contributed by atoms with Crippen LogP contribution in [-0.2, 0) is 6.42 Å². The molecule has 1 saturated heterocycles. The summed E-state index contributed by atoms with van der Waals surface area (Å²) < 4.78 is 28.7. The van der Waals surface area contributed by atoms with Crippen LogP contribution in [0.5, 0.6) is 0 Å². The molecule has 1 aliphatic heterocycles. The molecule has 1 unspecified atom stereocenters. The summed E-state index contributed by atoms with van der Waals surface area (Å²) in [5.41, 5.74) is 6.28. The third-order valence-corrected chi connectivity index (χ3v) is 4.27. The predicted octanol–water partition coefficient (Wildman–Crippen LogP) is 2.38. The Kier molecular flexibility index (Phi) is 4.54. The third-order valence-electron chi connectivity index (χ3n) is 4.27. The summed E-state index contributed by atoms with van der Waals surface area (Å²) >= 11 is 0. The molecule has 0 saturated carbocycles. The standard InChI is InChI=1S/C16H25F2N3/c1-11(19)7-12-8-13(17)15(14(18)9-12)21-6-5-20(4)16(2,3)10-21/h8-9,11H,5-7,10,19H2,1-4H3. The second kappa shape index (κ2) is 5.89. The Balaban J connectivity index is 2.28. The van der Waals surface area contributed by atoms with E-state index >= 15 is 0 Å². The summed E-state index contributed by atoms with van der Waals surface area (Å²) in [6.07, 6.45) is 0.475. The van der Waals surface area contributed by atoms with E-state index in [1.54, 1.807) is 4.90 Å². The summed E-state index contributed by atoms with van der Waals surface area (Å²) in [7, 11) is 2.04. The van der Waals surface area contributed by atoms with E-state index < -0.39 is 11.6 Å². The van der Waals surface area contributed by atoms with Gasteiger partial charge in [0.25, 0.3) is 0 Å². The average Bonchev–Trinajstić information content (AvgIpc) is 2.31. The van der Waals surface area contributed by atoms with Gasteiger partial charge in [-0.05, 0) is 51.9 Å². The highest BCUT2D eigenvalue weighted by molar-refractivity contribution is 5.51. The Hall–Kier alpha value is -1.20. The van der Waals surface area contributed by atoms with Crippen LogP contribution in [0.3, 0.4) is 0 Å². The van der Waals surface area contributed by atoms with Crippen LogP contribution in [0.1, 0.15) is 26.3 Å². The van der Waals surface area contributed by atoms with Gasteiger partial charge < -0.3 is 10.6 Å². The summed E-state index contributed by atoms with van der Waals surface area (Å²) in [4.78, 5) is 4.02. The molecule has 0 radical (unpaired) electrons. The number of nitrogens with two attached hydrogens (primary N) is 1. The minimum atomic E-state index is -0.494.